The molecular weight excluding hydrogens is 194 g/mol. The van der Waals surface area contributed by atoms with Gasteiger partial charge in [0, 0.05) is 16.6 Å². The SMILES string of the molecule is [B-][P+](C)(CSC(C)(C)C)C(C)(C)C. The fraction of sp³-hybridized carbons (Fsp3) is 1.00. The van der Waals surface area contributed by atoms with E-state index < -0.39 is 7.14 Å². The molecule has 1 unspecified atom stereocenters. The molecule has 13 heavy (non-hydrogen) atoms. The monoisotopic (exact) mass is 217 g/mol. The van der Waals surface area contributed by atoms with Gasteiger partial charge < -0.3 is 7.57 Å². The normalized spacial score (nSPS) is 18.5. The molecule has 0 saturated carbocycles. The summed E-state index contributed by atoms with van der Waals surface area (Å²) in [4.78, 5) is 0. The molecule has 0 aliphatic carbocycles. The fourth-order valence-electron chi connectivity index (χ4n) is 0.521. The van der Waals surface area contributed by atoms with Crippen LogP contribution >= 0.6 is 18.9 Å². The Morgan fingerprint density at radius 1 is 1.08 bits per heavy atom. The van der Waals surface area contributed by atoms with Crippen molar-refractivity contribution in [2.24, 2.45) is 0 Å². The minimum absolute atomic E-state index is 0.283. The van der Waals surface area contributed by atoms with E-state index in [9.17, 15) is 0 Å². The van der Waals surface area contributed by atoms with Crippen LogP contribution < -0.4 is 0 Å². The van der Waals surface area contributed by atoms with E-state index in [0.717, 1.165) is 5.49 Å². The summed E-state index contributed by atoms with van der Waals surface area (Å²) in [7, 11) is 5.13. The van der Waals surface area contributed by atoms with Crippen LogP contribution in [0.2, 0.25) is 0 Å². The Bertz CT molecular complexity index is 165. The molecule has 0 heterocycles. The average molecular weight is 217 g/mol. The molecule has 0 rings (SSSR count). The van der Waals surface area contributed by atoms with E-state index in [1.807, 2.05) is 11.8 Å². The second kappa shape index (κ2) is 4.15. The van der Waals surface area contributed by atoms with Gasteiger partial charge >= 0.3 is 0 Å². The topological polar surface area (TPSA) is 0 Å². The van der Waals surface area contributed by atoms with Gasteiger partial charge in [0.05, 0.1) is 5.49 Å². The van der Waals surface area contributed by atoms with Crippen molar-refractivity contribution in [1.82, 2.24) is 0 Å². The molecule has 3 radical (unpaired) electrons. The van der Waals surface area contributed by atoms with Crippen molar-refractivity contribution >= 4 is 26.5 Å². The first-order chi connectivity index (χ1) is 5.46. The van der Waals surface area contributed by atoms with E-state index >= 15 is 0 Å². The second-order valence-corrected chi connectivity index (χ2v) is 12.2. The van der Waals surface area contributed by atoms with E-state index in [2.05, 4.69) is 48.2 Å². The Morgan fingerprint density at radius 3 is 1.69 bits per heavy atom. The van der Waals surface area contributed by atoms with E-state index in [1.54, 1.807) is 0 Å². The first-order valence-electron chi connectivity index (χ1n) is 4.74. The van der Waals surface area contributed by atoms with Gasteiger partial charge in [0.25, 0.3) is 0 Å². The third kappa shape index (κ3) is 5.32. The molecule has 0 amide bonds. The van der Waals surface area contributed by atoms with Gasteiger partial charge in [0.15, 0.2) is 0 Å². The van der Waals surface area contributed by atoms with Crippen molar-refractivity contribution in [3.63, 3.8) is 0 Å². The van der Waals surface area contributed by atoms with Crippen molar-refractivity contribution in [2.75, 3.05) is 12.2 Å². The molecule has 0 aliphatic rings. The molecule has 0 aliphatic heterocycles. The lowest BCUT2D eigenvalue weighted by Crippen LogP contribution is -2.22. The minimum Gasteiger partial charge on any atom is -0.305 e. The van der Waals surface area contributed by atoms with Crippen LogP contribution in [0.15, 0.2) is 0 Å². The molecule has 0 aromatic carbocycles. The van der Waals surface area contributed by atoms with Gasteiger partial charge in [-0.25, -0.2) is 7.14 Å². The van der Waals surface area contributed by atoms with Gasteiger partial charge in [0.1, 0.15) is 0 Å². The molecule has 77 valence electrons. The third-order valence-electron chi connectivity index (χ3n) is 2.30. The Balaban J connectivity index is 4.21. The van der Waals surface area contributed by atoms with Gasteiger partial charge in [-0.3, -0.25) is 0 Å². The first kappa shape index (κ1) is 13.8. The largest absolute Gasteiger partial charge is 0.305 e. The molecule has 0 fully saturated rings. The highest BCUT2D eigenvalue weighted by Gasteiger charge is 2.29. The highest BCUT2D eigenvalue weighted by molar-refractivity contribution is 8.14. The second-order valence-electron chi connectivity index (χ2n) is 5.82. The maximum absolute atomic E-state index is 6.39. The summed E-state index contributed by atoms with van der Waals surface area (Å²) in [5.74, 6) is 0. The van der Waals surface area contributed by atoms with Gasteiger partial charge in [-0.15, -0.1) is 11.8 Å². The van der Waals surface area contributed by atoms with Gasteiger partial charge in [-0.1, -0.05) is 20.8 Å². The Kier molecular flexibility index (Phi) is 4.42. The van der Waals surface area contributed by atoms with Crippen LogP contribution in [0.3, 0.4) is 0 Å². The molecule has 3 heteroatoms. The molecule has 0 aromatic rings. The Labute approximate surface area is 90.3 Å². The summed E-state index contributed by atoms with van der Waals surface area (Å²) < 4.78 is 0.339. The summed E-state index contributed by atoms with van der Waals surface area (Å²) in [5.41, 5.74) is 1.12. The van der Waals surface area contributed by atoms with Crippen molar-refractivity contribution in [3.05, 3.63) is 0 Å². The number of rotatable bonds is 2. The quantitative estimate of drug-likeness (QED) is 0.497. The van der Waals surface area contributed by atoms with Crippen molar-refractivity contribution < 1.29 is 0 Å². The van der Waals surface area contributed by atoms with E-state index in [0.29, 0.717) is 4.75 Å². The molecule has 1 atom stereocenters. The highest BCUT2D eigenvalue weighted by atomic mass is 32.2. The molecule has 0 aromatic heterocycles. The maximum Gasteiger partial charge on any atom is 0.0573 e. The molecule has 0 saturated heterocycles. The molecular formula is C10H23BPS. The van der Waals surface area contributed by atoms with E-state index in [4.69, 9.17) is 7.57 Å². The first-order valence-corrected chi connectivity index (χ1v) is 8.21. The summed E-state index contributed by atoms with van der Waals surface area (Å²) in [6, 6.07) is 0. The standard InChI is InChI=1S/C10H23BPS/c1-9(2,3)12(7,11)8-13-10(4,5)6/h8H2,1-7H3. The zero-order chi connectivity index (χ0) is 10.9. The van der Waals surface area contributed by atoms with Gasteiger partial charge in [0.2, 0.25) is 0 Å². The van der Waals surface area contributed by atoms with Crippen molar-refractivity contribution in [3.8, 4) is 0 Å². The smallest absolute Gasteiger partial charge is 0.0573 e. The molecule has 0 spiro atoms. The van der Waals surface area contributed by atoms with E-state index in [1.165, 1.54) is 0 Å². The van der Waals surface area contributed by atoms with Crippen LogP contribution in [0.1, 0.15) is 41.5 Å². The lowest BCUT2D eigenvalue weighted by molar-refractivity contribution is 0.781. The van der Waals surface area contributed by atoms with Gasteiger partial charge in [-0.05, 0) is 20.8 Å². The fourth-order valence-corrected chi connectivity index (χ4v) is 4.69. The van der Waals surface area contributed by atoms with Crippen LogP contribution in [-0.2, 0) is 0 Å². The molecule has 0 bridgehead atoms. The summed E-state index contributed by atoms with van der Waals surface area (Å²) >= 11 is 1.99. The summed E-state index contributed by atoms with van der Waals surface area (Å²) in [6.07, 6.45) is 0. The number of hydrogen-bond acceptors (Lipinski definition) is 1. The predicted octanol–water partition coefficient (Wildman–Crippen LogP) is 4.01. The molecule has 0 nitrogen and oxygen atoms in total. The van der Waals surface area contributed by atoms with Crippen LogP contribution in [0.5, 0.6) is 0 Å². The predicted molar refractivity (Wildman–Crippen MR) is 70.6 cm³/mol. The number of hydrogen-bond donors (Lipinski definition) is 0. The summed E-state index contributed by atoms with van der Waals surface area (Å²) in [6.45, 7) is 15.8. The summed E-state index contributed by atoms with van der Waals surface area (Å²) in [5, 5.41) is 0.283. The Hall–Kier alpha value is 0.845. The van der Waals surface area contributed by atoms with Crippen LogP contribution in [0, 0.1) is 0 Å². The average Bonchev–Trinajstić information content (AvgIpc) is 1.79. The minimum atomic E-state index is -1.26. The third-order valence-corrected chi connectivity index (χ3v) is 8.89. The van der Waals surface area contributed by atoms with Gasteiger partial charge in [-0.2, -0.15) is 0 Å². The zero-order valence-electron chi connectivity index (χ0n) is 10.1. The lowest BCUT2D eigenvalue weighted by atomic mass is 10.3. The number of thioether (sulfide) groups is 1. The van der Waals surface area contributed by atoms with Crippen LogP contribution in [0.25, 0.3) is 0 Å². The van der Waals surface area contributed by atoms with Crippen molar-refractivity contribution in [2.45, 2.75) is 51.4 Å². The maximum atomic E-state index is 6.39. The van der Waals surface area contributed by atoms with Crippen LogP contribution in [0.4, 0.5) is 0 Å². The molecule has 0 N–H and O–H groups in total. The Morgan fingerprint density at radius 2 is 1.46 bits per heavy atom. The van der Waals surface area contributed by atoms with Crippen LogP contribution in [-0.4, -0.2) is 29.6 Å². The van der Waals surface area contributed by atoms with Crippen molar-refractivity contribution in [1.29, 1.82) is 0 Å². The zero-order valence-corrected chi connectivity index (χ0v) is 11.9. The van der Waals surface area contributed by atoms with E-state index in [-0.39, 0.29) is 5.16 Å². The lowest BCUT2D eigenvalue weighted by Gasteiger charge is -2.45. The highest BCUT2D eigenvalue weighted by Crippen LogP contribution is 2.64.